The fourth-order valence-corrected chi connectivity index (χ4v) is 3.38. The highest BCUT2D eigenvalue weighted by molar-refractivity contribution is 6.42. The van der Waals surface area contributed by atoms with E-state index in [9.17, 15) is 4.79 Å². The molecule has 0 bridgehead atoms. The van der Waals surface area contributed by atoms with E-state index < -0.39 is 5.97 Å². The van der Waals surface area contributed by atoms with Crippen molar-refractivity contribution in [2.45, 2.75) is 12.0 Å². The third-order valence-corrected chi connectivity index (χ3v) is 5.23. The van der Waals surface area contributed by atoms with Crippen molar-refractivity contribution in [2.75, 3.05) is 33.4 Å². The van der Waals surface area contributed by atoms with E-state index >= 15 is 0 Å². The van der Waals surface area contributed by atoms with Crippen molar-refractivity contribution in [1.82, 2.24) is 5.32 Å². The van der Waals surface area contributed by atoms with E-state index in [1.807, 2.05) is 18.2 Å². The lowest BCUT2D eigenvalue weighted by Crippen LogP contribution is -2.32. The van der Waals surface area contributed by atoms with Gasteiger partial charge in [-0.25, -0.2) is 4.79 Å². The fraction of sp³-hybridized carbons (Fsp3) is 0.350. The lowest BCUT2D eigenvalue weighted by Gasteiger charge is -2.26. The Bertz CT molecular complexity index is 799. The summed E-state index contributed by atoms with van der Waals surface area (Å²) < 4.78 is 16.8. The highest BCUT2D eigenvalue weighted by Crippen LogP contribution is 2.30. The zero-order valence-corrected chi connectivity index (χ0v) is 16.4. The number of para-hydroxylation sites is 1. The maximum atomic E-state index is 11.9. The Balaban J connectivity index is 1.79. The molecule has 2 aromatic carbocycles. The maximum Gasteiger partial charge on any atom is 0.341 e. The van der Waals surface area contributed by atoms with Gasteiger partial charge in [0, 0.05) is 19.0 Å². The molecule has 0 saturated carbocycles. The van der Waals surface area contributed by atoms with E-state index in [2.05, 4.69) is 5.32 Å². The minimum atomic E-state index is -0.435. The van der Waals surface area contributed by atoms with E-state index in [0.717, 1.165) is 18.7 Å². The molecule has 27 heavy (non-hydrogen) atoms. The highest BCUT2D eigenvalue weighted by atomic mass is 35.5. The molecule has 2 atom stereocenters. The lowest BCUT2D eigenvalue weighted by atomic mass is 9.93. The first kappa shape index (κ1) is 20.0. The van der Waals surface area contributed by atoms with Crippen LogP contribution in [0.4, 0.5) is 0 Å². The number of rotatable bonds is 5. The summed E-state index contributed by atoms with van der Waals surface area (Å²) in [6.45, 7) is 2.35. The van der Waals surface area contributed by atoms with Crippen molar-refractivity contribution >= 4 is 29.2 Å². The molecule has 1 heterocycles. The van der Waals surface area contributed by atoms with Crippen molar-refractivity contribution in [3.63, 3.8) is 0 Å². The largest absolute Gasteiger partial charge is 0.490 e. The van der Waals surface area contributed by atoms with E-state index in [4.69, 9.17) is 37.4 Å². The summed E-state index contributed by atoms with van der Waals surface area (Å²) in [5, 5.41) is 4.39. The number of benzene rings is 2. The van der Waals surface area contributed by atoms with Gasteiger partial charge in [-0.15, -0.1) is 0 Å². The summed E-state index contributed by atoms with van der Waals surface area (Å²) in [7, 11) is 1.35. The molecular formula is C20H21Cl2NO4. The SMILES string of the molecule is COC(=O)c1ccccc1OC[C@H]1OCCNC[C@@H]1c1ccc(Cl)c(Cl)c1. The molecule has 2 aromatic rings. The summed E-state index contributed by atoms with van der Waals surface area (Å²) in [6, 6.07) is 12.6. The van der Waals surface area contributed by atoms with Crippen molar-refractivity contribution in [1.29, 1.82) is 0 Å². The molecule has 7 heteroatoms. The van der Waals surface area contributed by atoms with E-state index in [0.29, 0.717) is 34.6 Å². The number of methoxy groups -OCH3 is 1. The van der Waals surface area contributed by atoms with Crippen LogP contribution in [0.15, 0.2) is 42.5 Å². The Labute approximate surface area is 168 Å². The maximum absolute atomic E-state index is 11.9. The zero-order chi connectivity index (χ0) is 19.2. The van der Waals surface area contributed by atoms with Crippen LogP contribution in [0.5, 0.6) is 5.75 Å². The Hall–Kier alpha value is -1.79. The van der Waals surface area contributed by atoms with Crippen LogP contribution in [0, 0.1) is 0 Å². The van der Waals surface area contributed by atoms with Crippen LogP contribution in [-0.4, -0.2) is 45.5 Å². The third kappa shape index (κ3) is 4.93. The molecule has 0 radical (unpaired) electrons. The van der Waals surface area contributed by atoms with Gasteiger partial charge in [0.15, 0.2) is 0 Å². The second-order valence-electron chi connectivity index (χ2n) is 6.19. The van der Waals surface area contributed by atoms with Crippen LogP contribution in [0.25, 0.3) is 0 Å². The average molecular weight is 410 g/mol. The minimum absolute atomic E-state index is 0.0348. The monoisotopic (exact) mass is 409 g/mol. The second kappa shape index (κ2) is 9.42. The van der Waals surface area contributed by atoms with Crippen molar-refractivity contribution in [2.24, 2.45) is 0 Å². The molecule has 1 aliphatic rings. The third-order valence-electron chi connectivity index (χ3n) is 4.49. The van der Waals surface area contributed by atoms with Gasteiger partial charge in [-0.3, -0.25) is 0 Å². The Kier molecular flexibility index (Phi) is 6.96. The van der Waals surface area contributed by atoms with Crippen LogP contribution in [0.1, 0.15) is 21.8 Å². The minimum Gasteiger partial charge on any atom is -0.490 e. The van der Waals surface area contributed by atoms with Crippen LogP contribution < -0.4 is 10.1 Å². The van der Waals surface area contributed by atoms with Gasteiger partial charge in [-0.05, 0) is 29.8 Å². The number of hydrogen-bond acceptors (Lipinski definition) is 5. The number of hydrogen-bond donors (Lipinski definition) is 1. The molecule has 5 nitrogen and oxygen atoms in total. The first-order valence-electron chi connectivity index (χ1n) is 8.67. The fourth-order valence-electron chi connectivity index (χ4n) is 3.07. The average Bonchev–Trinajstić information content (AvgIpc) is 2.93. The smallest absolute Gasteiger partial charge is 0.341 e. The van der Waals surface area contributed by atoms with Gasteiger partial charge in [0.25, 0.3) is 0 Å². The van der Waals surface area contributed by atoms with Crippen molar-refractivity contribution in [3.05, 3.63) is 63.6 Å². The van der Waals surface area contributed by atoms with E-state index in [1.165, 1.54) is 7.11 Å². The van der Waals surface area contributed by atoms with Crippen molar-refractivity contribution in [3.8, 4) is 5.75 Å². The lowest BCUT2D eigenvalue weighted by molar-refractivity contribution is 0.0175. The number of carbonyl (C=O) groups excluding carboxylic acids is 1. The molecule has 0 amide bonds. The van der Waals surface area contributed by atoms with Crippen LogP contribution in [0.2, 0.25) is 10.0 Å². The number of esters is 1. The molecule has 0 aliphatic carbocycles. The second-order valence-corrected chi connectivity index (χ2v) is 7.01. The first-order chi connectivity index (χ1) is 13.1. The van der Waals surface area contributed by atoms with Gasteiger partial charge in [0.05, 0.1) is 29.9 Å². The predicted octanol–water partition coefficient (Wildman–Crippen LogP) is 3.93. The zero-order valence-electron chi connectivity index (χ0n) is 14.9. The molecule has 1 aliphatic heterocycles. The molecule has 1 saturated heterocycles. The number of ether oxygens (including phenoxy) is 3. The number of nitrogens with one attached hydrogen (secondary N) is 1. The Morgan fingerprint density at radius 3 is 2.81 bits per heavy atom. The van der Waals surface area contributed by atoms with Crippen LogP contribution in [0.3, 0.4) is 0 Å². The quantitative estimate of drug-likeness (QED) is 0.758. The molecule has 1 N–H and O–H groups in total. The molecule has 0 spiro atoms. The van der Waals surface area contributed by atoms with E-state index in [-0.39, 0.29) is 12.0 Å². The van der Waals surface area contributed by atoms with Gasteiger partial charge in [0.2, 0.25) is 0 Å². The first-order valence-corrected chi connectivity index (χ1v) is 9.43. The number of halogens is 2. The summed E-state index contributed by atoms with van der Waals surface area (Å²) in [5.74, 6) is 0.0701. The normalized spacial score (nSPS) is 20.0. The molecule has 0 unspecified atom stereocenters. The van der Waals surface area contributed by atoms with Gasteiger partial charge < -0.3 is 19.5 Å². The highest BCUT2D eigenvalue weighted by Gasteiger charge is 2.28. The molecule has 144 valence electrons. The summed E-state index contributed by atoms with van der Waals surface area (Å²) >= 11 is 12.2. The Morgan fingerprint density at radius 2 is 2.04 bits per heavy atom. The molecule has 3 rings (SSSR count). The van der Waals surface area contributed by atoms with E-state index in [1.54, 1.807) is 24.3 Å². The van der Waals surface area contributed by atoms with Gasteiger partial charge in [-0.1, -0.05) is 41.4 Å². The van der Waals surface area contributed by atoms with Gasteiger partial charge in [0.1, 0.15) is 17.9 Å². The Morgan fingerprint density at radius 1 is 1.22 bits per heavy atom. The molecular weight excluding hydrogens is 389 g/mol. The van der Waals surface area contributed by atoms with Crippen molar-refractivity contribution < 1.29 is 19.0 Å². The number of carbonyl (C=O) groups is 1. The summed E-state index contributed by atoms with van der Waals surface area (Å²) in [5.41, 5.74) is 1.41. The standard InChI is InChI=1S/C20H21Cl2NO4/c1-25-20(24)14-4-2-3-5-18(14)27-12-19-15(11-23-8-9-26-19)13-6-7-16(21)17(22)10-13/h2-7,10,15,19,23H,8-9,11-12H2,1H3/t15-,19-/m1/s1. The summed E-state index contributed by atoms with van der Waals surface area (Å²) in [4.78, 5) is 11.9. The predicted molar refractivity (Wildman–Crippen MR) is 105 cm³/mol. The van der Waals surface area contributed by atoms with Gasteiger partial charge >= 0.3 is 5.97 Å². The van der Waals surface area contributed by atoms with Crippen LogP contribution >= 0.6 is 23.2 Å². The summed E-state index contributed by atoms with van der Waals surface area (Å²) in [6.07, 6.45) is -0.206. The molecule has 0 aromatic heterocycles. The molecule has 1 fully saturated rings. The topological polar surface area (TPSA) is 56.8 Å². The van der Waals surface area contributed by atoms with Crippen LogP contribution in [-0.2, 0) is 9.47 Å². The van der Waals surface area contributed by atoms with Gasteiger partial charge in [-0.2, -0.15) is 0 Å².